The Bertz CT molecular complexity index is 1470. The number of hydrogen-bond donors (Lipinski definition) is 2. The van der Waals surface area contributed by atoms with Gasteiger partial charge in [0.05, 0.1) is 11.9 Å². The zero-order valence-electron chi connectivity index (χ0n) is 20.5. The molecule has 7 nitrogen and oxygen atoms in total. The molecule has 0 unspecified atom stereocenters. The molecule has 0 saturated carbocycles. The van der Waals surface area contributed by atoms with Crippen LogP contribution in [0.5, 0.6) is 0 Å². The van der Waals surface area contributed by atoms with Gasteiger partial charge in [-0.3, -0.25) is 9.59 Å². The molecule has 0 atom stereocenters. The summed E-state index contributed by atoms with van der Waals surface area (Å²) >= 11 is 0. The molecule has 7 heteroatoms. The van der Waals surface area contributed by atoms with E-state index in [4.69, 9.17) is 4.98 Å². The number of carbonyl (C=O) groups is 2. The Morgan fingerprint density at radius 1 is 1.17 bits per heavy atom. The van der Waals surface area contributed by atoms with Gasteiger partial charge in [-0.15, -0.1) is 0 Å². The van der Waals surface area contributed by atoms with Crippen LogP contribution in [0.15, 0.2) is 42.7 Å². The number of nitrogens with one attached hydrogen (secondary N) is 2. The second-order valence-corrected chi connectivity index (χ2v) is 9.40. The van der Waals surface area contributed by atoms with Crippen molar-refractivity contribution in [1.29, 1.82) is 0 Å². The molecule has 0 aliphatic carbocycles. The fourth-order valence-corrected chi connectivity index (χ4v) is 4.99. The number of amides is 1. The lowest BCUT2D eigenvalue weighted by molar-refractivity contribution is -0.116. The molecule has 2 aromatic carbocycles. The van der Waals surface area contributed by atoms with E-state index in [9.17, 15) is 9.59 Å². The van der Waals surface area contributed by atoms with E-state index >= 15 is 0 Å². The number of hydrogen-bond acceptors (Lipinski definition) is 5. The molecule has 35 heavy (non-hydrogen) atoms. The summed E-state index contributed by atoms with van der Waals surface area (Å²) in [4.78, 5) is 39.4. The van der Waals surface area contributed by atoms with Crippen molar-refractivity contribution < 1.29 is 9.59 Å². The minimum absolute atomic E-state index is 0.00160. The number of rotatable bonds is 5. The van der Waals surface area contributed by atoms with Crippen molar-refractivity contribution in [3.05, 3.63) is 70.5 Å². The summed E-state index contributed by atoms with van der Waals surface area (Å²) in [6, 6.07) is 10.0. The number of aromatic nitrogens is 3. The zero-order chi connectivity index (χ0) is 24.7. The minimum Gasteiger partial charge on any atom is -0.355 e. The fourth-order valence-electron chi connectivity index (χ4n) is 4.99. The summed E-state index contributed by atoms with van der Waals surface area (Å²) in [5, 5.41) is 2.65. The van der Waals surface area contributed by atoms with Gasteiger partial charge in [0.1, 0.15) is 11.3 Å². The molecule has 2 aromatic heterocycles. The van der Waals surface area contributed by atoms with E-state index in [1.54, 1.807) is 13.1 Å². The molecule has 1 amide bonds. The lowest BCUT2D eigenvalue weighted by Crippen LogP contribution is -2.27. The predicted octanol–water partition coefficient (Wildman–Crippen LogP) is 4.08. The van der Waals surface area contributed by atoms with Crippen molar-refractivity contribution in [3.63, 3.8) is 0 Å². The van der Waals surface area contributed by atoms with Crippen LogP contribution >= 0.6 is 0 Å². The molecule has 3 heterocycles. The largest absolute Gasteiger partial charge is 0.355 e. The van der Waals surface area contributed by atoms with E-state index in [2.05, 4.69) is 46.3 Å². The van der Waals surface area contributed by atoms with Crippen LogP contribution in [0, 0.1) is 6.92 Å². The standard InChI is InChI=1S/C28H29N5O2/c1-16-9-20(12-21-15-33(4)8-7-22(16)21)25-14-31-27-26(32-25)24(13-30-27)18-5-6-23(28(35)29-3)19(11-18)10-17(2)34/h5-6,9,11-14H,7-8,10,15H2,1-4H3,(H,29,35)(H,30,31). The first-order chi connectivity index (χ1) is 16.8. The van der Waals surface area contributed by atoms with E-state index in [0.717, 1.165) is 47.4 Å². The molecule has 4 aromatic rings. The number of benzene rings is 2. The summed E-state index contributed by atoms with van der Waals surface area (Å²) in [5.41, 5.74) is 10.4. The molecular formula is C28H29N5O2. The average molecular weight is 468 g/mol. The Balaban J connectivity index is 1.59. The van der Waals surface area contributed by atoms with Crippen molar-refractivity contribution in [3.8, 4) is 22.4 Å². The zero-order valence-corrected chi connectivity index (χ0v) is 20.5. The number of ketones is 1. The van der Waals surface area contributed by atoms with Gasteiger partial charge in [0, 0.05) is 49.4 Å². The van der Waals surface area contributed by atoms with Gasteiger partial charge in [0.25, 0.3) is 5.91 Å². The average Bonchev–Trinajstić information content (AvgIpc) is 3.26. The van der Waals surface area contributed by atoms with E-state index in [1.807, 2.05) is 24.5 Å². The van der Waals surface area contributed by atoms with E-state index in [1.165, 1.54) is 23.6 Å². The van der Waals surface area contributed by atoms with Crippen LogP contribution < -0.4 is 5.32 Å². The molecule has 178 valence electrons. The van der Waals surface area contributed by atoms with Crippen LogP contribution in [0.1, 0.15) is 39.5 Å². The Morgan fingerprint density at radius 3 is 2.77 bits per heavy atom. The molecule has 0 fully saturated rings. The van der Waals surface area contributed by atoms with Crippen molar-refractivity contribution in [2.75, 3.05) is 20.6 Å². The number of H-pyrrole nitrogens is 1. The molecule has 5 rings (SSSR count). The van der Waals surface area contributed by atoms with Gasteiger partial charge in [-0.1, -0.05) is 6.07 Å². The monoisotopic (exact) mass is 467 g/mol. The van der Waals surface area contributed by atoms with Crippen LogP contribution in [-0.4, -0.2) is 52.2 Å². The summed E-state index contributed by atoms with van der Waals surface area (Å²) < 4.78 is 0. The van der Waals surface area contributed by atoms with Crippen molar-refractivity contribution in [2.45, 2.75) is 33.2 Å². The lowest BCUT2D eigenvalue weighted by Gasteiger charge is -2.27. The molecule has 0 spiro atoms. The molecule has 0 bridgehead atoms. The van der Waals surface area contributed by atoms with Gasteiger partial charge in [0.15, 0.2) is 5.65 Å². The number of likely N-dealkylation sites (N-methyl/N-ethyl adjacent to an activating group) is 1. The van der Waals surface area contributed by atoms with Gasteiger partial charge in [-0.25, -0.2) is 9.97 Å². The fraction of sp³-hybridized carbons (Fsp3) is 0.286. The van der Waals surface area contributed by atoms with Gasteiger partial charge >= 0.3 is 0 Å². The Hall–Kier alpha value is -3.84. The quantitative estimate of drug-likeness (QED) is 0.462. The number of nitrogens with zero attached hydrogens (tertiary/aromatic N) is 3. The summed E-state index contributed by atoms with van der Waals surface area (Å²) in [6.45, 7) is 5.72. The molecule has 1 aliphatic rings. The highest BCUT2D eigenvalue weighted by Gasteiger charge is 2.19. The first kappa shape index (κ1) is 22.9. The van der Waals surface area contributed by atoms with Crippen LogP contribution in [0.4, 0.5) is 0 Å². The smallest absolute Gasteiger partial charge is 0.251 e. The van der Waals surface area contributed by atoms with Gasteiger partial charge in [-0.2, -0.15) is 0 Å². The van der Waals surface area contributed by atoms with Gasteiger partial charge in [-0.05, 0) is 79.4 Å². The van der Waals surface area contributed by atoms with Gasteiger partial charge < -0.3 is 15.2 Å². The first-order valence-electron chi connectivity index (χ1n) is 11.8. The summed E-state index contributed by atoms with van der Waals surface area (Å²) in [6.07, 6.45) is 4.96. The number of carbonyl (C=O) groups excluding carboxylic acids is 2. The molecule has 0 radical (unpaired) electrons. The van der Waals surface area contributed by atoms with Crippen LogP contribution in [0.25, 0.3) is 33.5 Å². The maximum Gasteiger partial charge on any atom is 0.251 e. The topological polar surface area (TPSA) is 91.0 Å². The van der Waals surface area contributed by atoms with Crippen LogP contribution in [0.3, 0.4) is 0 Å². The van der Waals surface area contributed by atoms with Crippen LogP contribution in [-0.2, 0) is 24.2 Å². The number of Topliss-reactive ketones (excluding diaryl/α,β-unsaturated/α-hetero) is 1. The Kier molecular flexibility index (Phi) is 5.94. The normalized spacial score (nSPS) is 13.6. The molecular weight excluding hydrogens is 438 g/mol. The summed E-state index contributed by atoms with van der Waals surface area (Å²) in [7, 11) is 3.74. The third kappa shape index (κ3) is 4.35. The number of aromatic amines is 1. The van der Waals surface area contributed by atoms with Gasteiger partial charge in [0.2, 0.25) is 0 Å². The third-order valence-electron chi connectivity index (χ3n) is 6.75. The Morgan fingerprint density at radius 2 is 2.00 bits per heavy atom. The van der Waals surface area contributed by atoms with Crippen molar-refractivity contribution >= 4 is 22.9 Å². The second-order valence-electron chi connectivity index (χ2n) is 9.40. The number of aryl methyl sites for hydroxylation is 1. The molecule has 1 aliphatic heterocycles. The minimum atomic E-state index is -0.206. The maximum absolute atomic E-state index is 12.3. The number of fused-ring (bicyclic) bond motifs is 2. The lowest BCUT2D eigenvalue weighted by atomic mass is 9.92. The van der Waals surface area contributed by atoms with E-state index < -0.39 is 0 Å². The summed E-state index contributed by atoms with van der Waals surface area (Å²) in [5.74, 6) is -0.205. The van der Waals surface area contributed by atoms with Crippen LogP contribution in [0.2, 0.25) is 0 Å². The van der Waals surface area contributed by atoms with E-state index in [0.29, 0.717) is 16.8 Å². The van der Waals surface area contributed by atoms with Crippen molar-refractivity contribution in [1.82, 2.24) is 25.2 Å². The highest BCUT2D eigenvalue weighted by Crippen LogP contribution is 2.32. The first-order valence-corrected chi connectivity index (χ1v) is 11.8. The third-order valence-corrected chi connectivity index (χ3v) is 6.75. The second kappa shape index (κ2) is 9.07. The molecule has 0 saturated heterocycles. The van der Waals surface area contributed by atoms with Crippen molar-refractivity contribution in [2.24, 2.45) is 0 Å². The van der Waals surface area contributed by atoms with E-state index in [-0.39, 0.29) is 18.1 Å². The maximum atomic E-state index is 12.3. The SMILES string of the molecule is CNC(=O)c1ccc(-c2c[nH]c3ncc(-c4cc(C)c5c(c4)CN(C)CC5)nc23)cc1CC(C)=O. The highest BCUT2D eigenvalue weighted by molar-refractivity contribution is 5.99. The molecule has 2 N–H and O–H groups in total. The Labute approximate surface area is 204 Å². The predicted molar refractivity (Wildman–Crippen MR) is 137 cm³/mol. The highest BCUT2D eigenvalue weighted by atomic mass is 16.1.